The highest BCUT2D eigenvalue weighted by atomic mass is 32.2. The van der Waals surface area contributed by atoms with Gasteiger partial charge in [0.05, 0.1) is 17.6 Å². The number of hydrogen-bond acceptors (Lipinski definition) is 8. The van der Waals surface area contributed by atoms with Gasteiger partial charge in [0, 0.05) is 72.7 Å². The number of carbonyl (C=O) groups excluding carboxylic acids is 2. The van der Waals surface area contributed by atoms with Crippen molar-refractivity contribution in [1.82, 2.24) is 34.9 Å². The molecule has 7 rings (SSSR count). The molecule has 0 saturated carbocycles. The summed E-state index contributed by atoms with van der Waals surface area (Å²) in [7, 11) is 0. The van der Waals surface area contributed by atoms with E-state index in [1.807, 2.05) is 41.5 Å². The number of amides is 2. The Kier molecular flexibility index (Phi) is 9.43. The number of carbonyl (C=O) groups is 2. The van der Waals surface area contributed by atoms with Crippen LogP contribution < -0.4 is 5.32 Å². The summed E-state index contributed by atoms with van der Waals surface area (Å²) in [5.41, 5.74) is 5.10. The molecule has 2 N–H and O–H groups in total. The maximum atomic E-state index is 15.1. The van der Waals surface area contributed by atoms with Crippen LogP contribution in [-0.4, -0.2) is 90.5 Å². The molecule has 2 aliphatic rings. The number of thioether (sulfide) groups is 1. The molecule has 5 aromatic rings. The Morgan fingerprint density at radius 3 is 2.56 bits per heavy atom. The van der Waals surface area contributed by atoms with Gasteiger partial charge >= 0.3 is 0 Å². The summed E-state index contributed by atoms with van der Waals surface area (Å²) in [6.07, 6.45) is 10.3. The summed E-state index contributed by atoms with van der Waals surface area (Å²) in [5.74, 6) is -1.23. The van der Waals surface area contributed by atoms with E-state index < -0.39 is 16.4 Å². The molecule has 13 heteroatoms. The maximum absolute atomic E-state index is 15.1. The standard InChI is InChI=1S/C37H36F2N8O2S/c1-3-25-17-24(7-13-40-25)34-29-18-26(5-6-32(29)44-45-34)43-36(49)37(50-2)10-16-46(22-37)21-33(48)47-14-8-23(9-15-47)27-19-31(39)28(20-30(27)38)35-41-11-4-12-42-35/h4-8,11-13,17-20H,3,9-10,14-16,21-22H2,1-2H3,(H,43,49)(H,44,45)/t37-/m0/s1. The van der Waals surface area contributed by atoms with Gasteiger partial charge in [-0.1, -0.05) is 13.0 Å². The van der Waals surface area contributed by atoms with Crippen LogP contribution in [0.25, 0.3) is 39.1 Å². The first-order valence-electron chi connectivity index (χ1n) is 16.5. The number of benzene rings is 2. The van der Waals surface area contributed by atoms with Gasteiger partial charge in [-0.2, -0.15) is 5.10 Å². The Morgan fingerprint density at radius 1 is 1.00 bits per heavy atom. The molecule has 0 spiro atoms. The van der Waals surface area contributed by atoms with Crippen molar-refractivity contribution in [3.05, 3.63) is 96.1 Å². The largest absolute Gasteiger partial charge is 0.338 e. The van der Waals surface area contributed by atoms with Crippen LogP contribution in [0.1, 0.15) is 31.0 Å². The van der Waals surface area contributed by atoms with Gasteiger partial charge in [-0.25, -0.2) is 18.7 Å². The van der Waals surface area contributed by atoms with Crippen molar-refractivity contribution in [3.63, 3.8) is 0 Å². The van der Waals surface area contributed by atoms with E-state index in [-0.39, 0.29) is 35.3 Å². The molecule has 1 saturated heterocycles. The first-order chi connectivity index (χ1) is 24.3. The van der Waals surface area contributed by atoms with Crippen LogP contribution in [0, 0.1) is 11.6 Å². The van der Waals surface area contributed by atoms with Gasteiger partial charge in [0.2, 0.25) is 11.8 Å². The Bertz CT molecular complexity index is 2110. The molecule has 2 aliphatic heterocycles. The monoisotopic (exact) mass is 694 g/mol. The summed E-state index contributed by atoms with van der Waals surface area (Å²) in [6, 6.07) is 13.6. The van der Waals surface area contributed by atoms with Crippen molar-refractivity contribution < 1.29 is 18.4 Å². The van der Waals surface area contributed by atoms with Gasteiger partial charge in [0.15, 0.2) is 5.82 Å². The van der Waals surface area contributed by atoms with Crippen LogP contribution >= 0.6 is 11.8 Å². The topological polar surface area (TPSA) is 120 Å². The van der Waals surface area contributed by atoms with E-state index in [0.717, 1.165) is 40.3 Å². The number of pyridine rings is 1. The normalized spacial score (nSPS) is 18.0. The van der Waals surface area contributed by atoms with Gasteiger partial charge < -0.3 is 10.2 Å². The fourth-order valence-electron chi connectivity index (χ4n) is 6.65. The third-order valence-corrected chi connectivity index (χ3v) is 10.8. The highest BCUT2D eigenvalue weighted by Gasteiger charge is 2.44. The minimum atomic E-state index is -0.719. The zero-order chi connectivity index (χ0) is 34.8. The summed E-state index contributed by atoms with van der Waals surface area (Å²) >= 11 is 1.50. The van der Waals surface area contributed by atoms with Crippen LogP contribution in [0.5, 0.6) is 0 Å². The molecule has 10 nitrogen and oxygen atoms in total. The smallest absolute Gasteiger partial charge is 0.241 e. The number of anilines is 1. The lowest BCUT2D eigenvalue weighted by Gasteiger charge is -2.30. The highest BCUT2D eigenvalue weighted by molar-refractivity contribution is 8.00. The molecule has 0 radical (unpaired) electrons. The number of rotatable bonds is 9. The molecule has 1 fully saturated rings. The lowest BCUT2D eigenvalue weighted by atomic mass is 9.97. The number of aromatic nitrogens is 5. The average Bonchev–Trinajstić information content (AvgIpc) is 3.77. The van der Waals surface area contributed by atoms with Crippen LogP contribution in [-0.2, 0) is 16.0 Å². The van der Waals surface area contributed by atoms with Crippen molar-refractivity contribution in [2.45, 2.75) is 30.9 Å². The number of aromatic amines is 1. The van der Waals surface area contributed by atoms with Crippen LogP contribution in [0.4, 0.5) is 14.5 Å². The predicted molar refractivity (Wildman–Crippen MR) is 191 cm³/mol. The maximum Gasteiger partial charge on any atom is 0.241 e. The molecule has 2 aromatic carbocycles. The summed E-state index contributed by atoms with van der Waals surface area (Å²) in [5, 5.41) is 11.6. The number of H-pyrrole nitrogens is 1. The Balaban J connectivity index is 0.981. The first-order valence-corrected chi connectivity index (χ1v) is 17.8. The third-order valence-electron chi connectivity index (χ3n) is 9.52. The third kappa shape index (κ3) is 6.62. The molecule has 0 unspecified atom stereocenters. The minimum absolute atomic E-state index is 0.000297. The Labute approximate surface area is 292 Å². The van der Waals surface area contributed by atoms with Crippen molar-refractivity contribution in [2.75, 3.05) is 44.3 Å². The number of aryl methyl sites for hydroxylation is 1. The van der Waals surface area contributed by atoms with Crippen molar-refractivity contribution in [3.8, 4) is 22.6 Å². The van der Waals surface area contributed by atoms with Crippen LogP contribution in [0.15, 0.2) is 73.2 Å². The molecule has 50 heavy (non-hydrogen) atoms. The molecule has 5 heterocycles. The summed E-state index contributed by atoms with van der Waals surface area (Å²) < 4.78 is 29.3. The first kappa shape index (κ1) is 33.5. The minimum Gasteiger partial charge on any atom is -0.338 e. The van der Waals surface area contributed by atoms with Crippen LogP contribution in [0.2, 0.25) is 0 Å². The number of fused-ring (bicyclic) bond motifs is 1. The van der Waals surface area contributed by atoms with E-state index in [0.29, 0.717) is 50.3 Å². The van der Waals surface area contributed by atoms with Gasteiger partial charge in [0.25, 0.3) is 0 Å². The van der Waals surface area contributed by atoms with Gasteiger partial charge in [-0.05, 0) is 79.6 Å². The van der Waals surface area contributed by atoms with Gasteiger partial charge in [-0.15, -0.1) is 11.8 Å². The molecular weight excluding hydrogens is 659 g/mol. The molecule has 0 bridgehead atoms. The van der Waals surface area contributed by atoms with Crippen molar-refractivity contribution in [1.29, 1.82) is 0 Å². The fraction of sp³-hybridized carbons (Fsp3) is 0.297. The van der Waals surface area contributed by atoms with Crippen molar-refractivity contribution in [2.24, 2.45) is 0 Å². The second-order valence-electron chi connectivity index (χ2n) is 12.5. The van der Waals surface area contributed by atoms with E-state index in [9.17, 15) is 14.0 Å². The highest BCUT2D eigenvalue weighted by Crippen LogP contribution is 2.36. The number of nitrogens with zero attached hydrogens (tertiary/aromatic N) is 6. The van der Waals surface area contributed by atoms with Crippen molar-refractivity contribution >= 4 is 45.7 Å². The molecule has 3 aromatic heterocycles. The van der Waals surface area contributed by atoms with E-state index in [1.54, 1.807) is 23.2 Å². The lowest BCUT2D eigenvalue weighted by molar-refractivity contribution is -0.132. The predicted octanol–water partition coefficient (Wildman–Crippen LogP) is 5.98. The van der Waals surface area contributed by atoms with E-state index in [2.05, 4.69) is 37.4 Å². The van der Waals surface area contributed by atoms with E-state index in [1.165, 1.54) is 30.2 Å². The summed E-state index contributed by atoms with van der Waals surface area (Å²) in [4.78, 5) is 43.3. The second-order valence-corrected chi connectivity index (χ2v) is 13.7. The zero-order valence-corrected chi connectivity index (χ0v) is 28.6. The molecular formula is C37H36F2N8O2S. The lowest BCUT2D eigenvalue weighted by Crippen LogP contribution is -2.45. The van der Waals surface area contributed by atoms with Gasteiger partial charge in [0.1, 0.15) is 22.1 Å². The number of nitrogens with one attached hydrogen (secondary N) is 2. The zero-order valence-electron chi connectivity index (χ0n) is 27.7. The van der Waals surface area contributed by atoms with Gasteiger partial charge in [-0.3, -0.25) is 24.6 Å². The second kappa shape index (κ2) is 14.1. The van der Waals surface area contributed by atoms with E-state index >= 15 is 4.39 Å². The molecule has 0 aliphatic carbocycles. The number of halogens is 2. The molecule has 256 valence electrons. The summed E-state index contributed by atoms with van der Waals surface area (Å²) in [6.45, 7) is 3.93. The molecule has 1 atom stereocenters. The quantitative estimate of drug-likeness (QED) is 0.193. The number of hydrogen-bond donors (Lipinski definition) is 2. The Hall–Kier alpha value is -5.01. The van der Waals surface area contributed by atoms with Crippen LogP contribution in [0.3, 0.4) is 0 Å². The SMILES string of the molecule is CCc1cc(-c2n[nH]c3ccc(NC(=O)[C@]4(SC)CCN(CC(=O)N5CC=C(c6cc(F)c(-c7ncccn7)cc6F)CC5)C4)cc23)ccn1. The number of likely N-dealkylation sites (tertiary alicyclic amines) is 1. The molecule has 2 amide bonds. The van der Waals surface area contributed by atoms with E-state index in [4.69, 9.17) is 0 Å². The fourth-order valence-corrected chi connectivity index (χ4v) is 7.49. The average molecular weight is 695 g/mol. The Morgan fingerprint density at radius 2 is 1.80 bits per heavy atom.